The van der Waals surface area contributed by atoms with Gasteiger partial charge in [-0.2, -0.15) is 5.26 Å². The maximum Gasteiger partial charge on any atom is 0.233 e. The topological polar surface area (TPSA) is 91.1 Å². The molecule has 0 saturated carbocycles. The first-order chi connectivity index (χ1) is 12.6. The Balaban J connectivity index is 1.48. The van der Waals surface area contributed by atoms with Crippen LogP contribution in [0.4, 0.5) is 11.6 Å². The molecule has 2 aromatic rings. The Morgan fingerprint density at radius 3 is 3.00 bits per heavy atom. The SMILES string of the molecule is CC1(C(=O)N2CCc3nc(Nc4cccc(C#N)c4)ncc3C2)COC1. The van der Waals surface area contributed by atoms with Gasteiger partial charge in [-0.05, 0) is 25.1 Å². The summed E-state index contributed by atoms with van der Waals surface area (Å²) in [4.78, 5) is 23.5. The minimum absolute atomic E-state index is 0.143. The van der Waals surface area contributed by atoms with E-state index >= 15 is 0 Å². The standard InChI is InChI=1S/C19H19N5O2/c1-19(11-26-12-19)17(25)24-6-5-16-14(10-24)9-21-18(23-16)22-15-4-2-3-13(7-15)8-20/h2-4,7,9H,5-6,10-12H2,1H3,(H,21,22,23). The zero-order chi connectivity index (χ0) is 18.1. The number of hydrogen-bond donors (Lipinski definition) is 1. The van der Waals surface area contributed by atoms with Crippen LogP contribution in [0.2, 0.25) is 0 Å². The van der Waals surface area contributed by atoms with Crippen LogP contribution in [0.5, 0.6) is 0 Å². The number of amides is 1. The van der Waals surface area contributed by atoms with Crippen molar-refractivity contribution in [3.05, 3.63) is 47.3 Å². The lowest BCUT2D eigenvalue weighted by atomic mass is 9.86. The maximum absolute atomic E-state index is 12.6. The molecule has 0 spiro atoms. The Kier molecular flexibility index (Phi) is 4.05. The van der Waals surface area contributed by atoms with Gasteiger partial charge in [0.15, 0.2) is 0 Å². The van der Waals surface area contributed by atoms with Crippen LogP contribution in [0.15, 0.2) is 30.5 Å². The number of nitrogens with one attached hydrogen (secondary N) is 1. The second-order valence-corrected chi connectivity index (χ2v) is 7.01. The van der Waals surface area contributed by atoms with Gasteiger partial charge in [0.2, 0.25) is 11.9 Å². The van der Waals surface area contributed by atoms with Crippen molar-refractivity contribution in [2.45, 2.75) is 19.9 Å². The molecule has 1 fully saturated rings. The van der Waals surface area contributed by atoms with Crippen molar-refractivity contribution in [2.75, 3.05) is 25.1 Å². The summed E-state index contributed by atoms with van der Waals surface area (Å²) in [6, 6.07) is 9.30. The van der Waals surface area contributed by atoms with Gasteiger partial charge in [0, 0.05) is 37.0 Å². The minimum Gasteiger partial charge on any atom is -0.379 e. The van der Waals surface area contributed by atoms with E-state index in [0.717, 1.165) is 16.9 Å². The molecule has 1 N–H and O–H groups in total. The van der Waals surface area contributed by atoms with E-state index in [1.54, 1.807) is 18.3 Å². The Morgan fingerprint density at radius 2 is 2.27 bits per heavy atom. The molecular weight excluding hydrogens is 330 g/mol. The molecule has 7 nitrogen and oxygen atoms in total. The summed E-state index contributed by atoms with van der Waals surface area (Å²) in [7, 11) is 0. The number of benzene rings is 1. The number of carbonyl (C=O) groups excluding carboxylic acids is 1. The molecule has 0 bridgehead atoms. The van der Waals surface area contributed by atoms with E-state index in [9.17, 15) is 4.79 Å². The van der Waals surface area contributed by atoms with Crippen molar-refractivity contribution in [1.29, 1.82) is 5.26 Å². The van der Waals surface area contributed by atoms with Crippen molar-refractivity contribution in [2.24, 2.45) is 5.41 Å². The third kappa shape index (κ3) is 3.00. The molecule has 1 aromatic carbocycles. The Bertz CT molecular complexity index is 901. The van der Waals surface area contributed by atoms with Gasteiger partial charge in [-0.15, -0.1) is 0 Å². The quantitative estimate of drug-likeness (QED) is 0.911. The number of fused-ring (bicyclic) bond motifs is 1. The van der Waals surface area contributed by atoms with Crippen molar-refractivity contribution < 1.29 is 9.53 Å². The lowest BCUT2D eigenvalue weighted by Crippen LogP contribution is -2.54. The van der Waals surface area contributed by atoms with Gasteiger partial charge >= 0.3 is 0 Å². The lowest BCUT2D eigenvalue weighted by Gasteiger charge is -2.41. The van der Waals surface area contributed by atoms with Gasteiger partial charge in [-0.25, -0.2) is 9.97 Å². The molecule has 0 aliphatic carbocycles. The normalized spacial score (nSPS) is 17.6. The molecule has 7 heteroatoms. The van der Waals surface area contributed by atoms with E-state index < -0.39 is 0 Å². The van der Waals surface area contributed by atoms with E-state index in [-0.39, 0.29) is 11.3 Å². The summed E-state index contributed by atoms with van der Waals surface area (Å²) >= 11 is 0. The summed E-state index contributed by atoms with van der Waals surface area (Å²) in [6.07, 6.45) is 2.48. The van der Waals surface area contributed by atoms with E-state index in [4.69, 9.17) is 10.00 Å². The van der Waals surface area contributed by atoms with Gasteiger partial charge in [0.1, 0.15) is 0 Å². The number of rotatable bonds is 3. The Morgan fingerprint density at radius 1 is 1.42 bits per heavy atom. The number of nitrogens with zero attached hydrogens (tertiary/aromatic N) is 4. The average molecular weight is 349 g/mol. The highest BCUT2D eigenvalue weighted by atomic mass is 16.5. The van der Waals surface area contributed by atoms with Crippen molar-refractivity contribution in [3.8, 4) is 6.07 Å². The highest BCUT2D eigenvalue weighted by Gasteiger charge is 2.44. The summed E-state index contributed by atoms with van der Waals surface area (Å²) in [5, 5.41) is 12.1. The fourth-order valence-corrected chi connectivity index (χ4v) is 3.26. The van der Waals surface area contributed by atoms with Crippen LogP contribution in [-0.4, -0.2) is 40.5 Å². The zero-order valence-corrected chi connectivity index (χ0v) is 14.5. The summed E-state index contributed by atoms with van der Waals surface area (Å²) in [5.41, 5.74) is 2.90. The molecule has 2 aliphatic rings. The van der Waals surface area contributed by atoms with Crippen LogP contribution < -0.4 is 5.32 Å². The largest absolute Gasteiger partial charge is 0.379 e. The molecule has 1 amide bonds. The lowest BCUT2D eigenvalue weighted by molar-refractivity contribution is -0.169. The van der Waals surface area contributed by atoms with Gasteiger partial charge in [-0.1, -0.05) is 6.07 Å². The Labute approximate surface area is 151 Å². The second-order valence-electron chi connectivity index (χ2n) is 7.01. The highest BCUT2D eigenvalue weighted by molar-refractivity contribution is 5.83. The number of anilines is 2. The molecule has 26 heavy (non-hydrogen) atoms. The molecule has 1 aromatic heterocycles. The van der Waals surface area contributed by atoms with Crippen LogP contribution in [0.1, 0.15) is 23.7 Å². The molecule has 4 rings (SSSR count). The summed E-state index contributed by atoms with van der Waals surface area (Å²) in [5.74, 6) is 0.642. The van der Waals surface area contributed by atoms with Crippen molar-refractivity contribution in [3.63, 3.8) is 0 Å². The van der Waals surface area contributed by atoms with Crippen LogP contribution in [0.25, 0.3) is 0 Å². The third-order valence-corrected chi connectivity index (χ3v) is 4.83. The van der Waals surface area contributed by atoms with E-state index in [2.05, 4.69) is 21.4 Å². The molecule has 0 radical (unpaired) electrons. The number of hydrogen-bond acceptors (Lipinski definition) is 6. The first-order valence-electron chi connectivity index (χ1n) is 8.56. The molecular formula is C19H19N5O2. The van der Waals surface area contributed by atoms with Gasteiger partial charge in [0.25, 0.3) is 0 Å². The molecule has 3 heterocycles. The van der Waals surface area contributed by atoms with Crippen molar-refractivity contribution in [1.82, 2.24) is 14.9 Å². The van der Waals surface area contributed by atoms with E-state index in [0.29, 0.717) is 44.2 Å². The van der Waals surface area contributed by atoms with E-state index in [1.807, 2.05) is 24.0 Å². The van der Waals surface area contributed by atoms with Crippen LogP contribution >= 0.6 is 0 Å². The smallest absolute Gasteiger partial charge is 0.233 e. The average Bonchev–Trinajstić information content (AvgIpc) is 2.65. The minimum atomic E-state index is -0.383. The fraction of sp³-hybridized carbons (Fsp3) is 0.368. The molecule has 0 unspecified atom stereocenters. The van der Waals surface area contributed by atoms with Gasteiger partial charge in [-0.3, -0.25) is 4.79 Å². The molecule has 1 saturated heterocycles. The number of ether oxygens (including phenoxy) is 1. The monoisotopic (exact) mass is 349 g/mol. The maximum atomic E-state index is 12.6. The summed E-state index contributed by atoms with van der Waals surface area (Å²) < 4.78 is 5.21. The zero-order valence-electron chi connectivity index (χ0n) is 14.5. The van der Waals surface area contributed by atoms with E-state index in [1.165, 1.54) is 0 Å². The van der Waals surface area contributed by atoms with Crippen molar-refractivity contribution >= 4 is 17.5 Å². The first kappa shape index (κ1) is 16.5. The van der Waals surface area contributed by atoms with Crippen LogP contribution in [-0.2, 0) is 22.5 Å². The molecule has 2 aliphatic heterocycles. The summed E-state index contributed by atoms with van der Waals surface area (Å²) in [6.45, 7) is 4.13. The number of carbonyl (C=O) groups is 1. The predicted molar refractivity (Wildman–Crippen MR) is 94.5 cm³/mol. The number of aromatic nitrogens is 2. The highest BCUT2D eigenvalue weighted by Crippen LogP contribution is 2.31. The fourth-order valence-electron chi connectivity index (χ4n) is 3.26. The second kappa shape index (κ2) is 6.39. The predicted octanol–water partition coefficient (Wildman–Crippen LogP) is 2.01. The van der Waals surface area contributed by atoms with Crippen LogP contribution in [0.3, 0.4) is 0 Å². The van der Waals surface area contributed by atoms with Gasteiger partial charge in [0.05, 0.1) is 36.0 Å². The Hall–Kier alpha value is -2.98. The van der Waals surface area contributed by atoms with Crippen LogP contribution in [0, 0.1) is 16.7 Å². The first-order valence-corrected chi connectivity index (χ1v) is 8.56. The number of nitriles is 1. The molecule has 0 atom stereocenters. The van der Waals surface area contributed by atoms with Gasteiger partial charge < -0.3 is 15.0 Å². The third-order valence-electron chi connectivity index (χ3n) is 4.83. The molecule has 132 valence electrons.